The molecule has 0 aliphatic heterocycles. The molecule has 1 heteroatoms. The molecule has 0 atom stereocenters. The Morgan fingerprint density at radius 3 is 1.57 bits per heavy atom. The second-order valence-corrected chi connectivity index (χ2v) is 11.5. The molecule has 0 radical (unpaired) electrons. The molecule has 7 aromatic rings. The molecule has 0 saturated heterocycles. The van der Waals surface area contributed by atoms with Crippen LogP contribution in [0.1, 0.15) is 25.0 Å². The monoisotopic (exact) mass is 511 g/mol. The van der Waals surface area contributed by atoms with Gasteiger partial charge in [-0.2, -0.15) is 0 Å². The first-order valence-electron chi connectivity index (χ1n) is 14.0. The van der Waals surface area contributed by atoms with E-state index < -0.39 is 0 Å². The molecule has 0 spiro atoms. The molecule has 0 fully saturated rings. The maximum Gasteiger partial charge on any atom is 0.0468 e. The molecule has 0 unspecified atom stereocenters. The van der Waals surface area contributed by atoms with Crippen LogP contribution >= 0.6 is 0 Å². The van der Waals surface area contributed by atoms with Gasteiger partial charge >= 0.3 is 0 Å². The van der Waals surface area contributed by atoms with Crippen molar-refractivity contribution in [1.82, 2.24) is 0 Å². The van der Waals surface area contributed by atoms with Gasteiger partial charge in [-0.05, 0) is 91.0 Å². The van der Waals surface area contributed by atoms with E-state index in [9.17, 15) is 0 Å². The van der Waals surface area contributed by atoms with E-state index in [1.165, 1.54) is 60.3 Å². The SMILES string of the molecule is CC1(C)c2ccc(N(c3ccc4ccccc4c3)c3ccc4ccccc4c3)cc2-c2ccc3ccccc3c21. The van der Waals surface area contributed by atoms with Gasteiger partial charge in [0.15, 0.2) is 0 Å². The van der Waals surface area contributed by atoms with Crippen LogP contribution in [0.5, 0.6) is 0 Å². The second-order valence-electron chi connectivity index (χ2n) is 11.5. The summed E-state index contributed by atoms with van der Waals surface area (Å²) in [7, 11) is 0. The Balaban J connectivity index is 1.37. The van der Waals surface area contributed by atoms with Crippen LogP contribution in [0.25, 0.3) is 43.4 Å². The summed E-state index contributed by atoms with van der Waals surface area (Å²) in [4.78, 5) is 2.41. The molecule has 7 aromatic carbocycles. The largest absolute Gasteiger partial charge is 0.310 e. The molecule has 1 aliphatic rings. The molecular weight excluding hydrogens is 482 g/mol. The van der Waals surface area contributed by atoms with Crippen LogP contribution in [0.4, 0.5) is 17.1 Å². The maximum atomic E-state index is 2.41. The van der Waals surface area contributed by atoms with Gasteiger partial charge in [0, 0.05) is 22.5 Å². The van der Waals surface area contributed by atoms with Crippen molar-refractivity contribution < 1.29 is 0 Å². The average Bonchev–Trinajstić information content (AvgIpc) is 3.23. The van der Waals surface area contributed by atoms with Crippen molar-refractivity contribution in [1.29, 1.82) is 0 Å². The van der Waals surface area contributed by atoms with Crippen molar-refractivity contribution in [2.75, 3.05) is 4.90 Å². The van der Waals surface area contributed by atoms with Gasteiger partial charge in [-0.1, -0.05) is 117 Å². The highest BCUT2D eigenvalue weighted by Crippen LogP contribution is 2.53. The molecule has 40 heavy (non-hydrogen) atoms. The first-order valence-corrected chi connectivity index (χ1v) is 14.0. The molecule has 0 aromatic heterocycles. The van der Waals surface area contributed by atoms with Crippen LogP contribution in [-0.4, -0.2) is 0 Å². The minimum Gasteiger partial charge on any atom is -0.310 e. The van der Waals surface area contributed by atoms with Crippen molar-refractivity contribution in [2.24, 2.45) is 0 Å². The van der Waals surface area contributed by atoms with Crippen LogP contribution < -0.4 is 4.90 Å². The second kappa shape index (κ2) is 8.56. The van der Waals surface area contributed by atoms with Crippen LogP contribution in [0.15, 0.2) is 140 Å². The van der Waals surface area contributed by atoms with Crippen molar-refractivity contribution in [3.63, 3.8) is 0 Å². The Morgan fingerprint density at radius 2 is 0.925 bits per heavy atom. The predicted molar refractivity (Wildman–Crippen MR) is 171 cm³/mol. The Bertz CT molecular complexity index is 2020. The van der Waals surface area contributed by atoms with Crippen LogP contribution in [-0.2, 0) is 5.41 Å². The topological polar surface area (TPSA) is 3.24 Å². The van der Waals surface area contributed by atoms with E-state index in [0.717, 1.165) is 11.4 Å². The molecule has 0 bridgehead atoms. The van der Waals surface area contributed by atoms with Gasteiger partial charge in [0.1, 0.15) is 0 Å². The van der Waals surface area contributed by atoms with E-state index in [4.69, 9.17) is 0 Å². The Hall–Kier alpha value is -4.88. The third-order valence-electron chi connectivity index (χ3n) is 8.76. The number of fused-ring (bicyclic) bond motifs is 7. The molecule has 1 nitrogen and oxygen atoms in total. The quantitative estimate of drug-likeness (QED) is 0.228. The fraction of sp³-hybridized carbons (Fsp3) is 0.0769. The van der Waals surface area contributed by atoms with E-state index in [1.807, 2.05) is 0 Å². The fourth-order valence-electron chi connectivity index (χ4n) is 6.82. The summed E-state index contributed by atoms with van der Waals surface area (Å²) in [6, 6.07) is 51.2. The third-order valence-corrected chi connectivity index (χ3v) is 8.76. The lowest BCUT2D eigenvalue weighted by Gasteiger charge is -2.28. The van der Waals surface area contributed by atoms with Gasteiger partial charge in [-0.15, -0.1) is 0 Å². The van der Waals surface area contributed by atoms with Crippen LogP contribution in [0.2, 0.25) is 0 Å². The smallest absolute Gasteiger partial charge is 0.0468 e. The van der Waals surface area contributed by atoms with Crippen molar-refractivity contribution in [2.45, 2.75) is 19.3 Å². The summed E-state index contributed by atoms with van der Waals surface area (Å²) in [6.45, 7) is 4.74. The van der Waals surface area contributed by atoms with E-state index in [2.05, 4.69) is 158 Å². The van der Waals surface area contributed by atoms with Crippen molar-refractivity contribution >= 4 is 49.4 Å². The fourth-order valence-corrected chi connectivity index (χ4v) is 6.82. The number of hydrogen-bond donors (Lipinski definition) is 0. The van der Waals surface area contributed by atoms with Gasteiger partial charge in [-0.25, -0.2) is 0 Å². The lowest BCUT2D eigenvalue weighted by molar-refractivity contribution is 0.666. The minimum absolute atomic E-state index is 0.0687. The highest BCUT2D eigenvalue weighted by Gasteiger charge is 2.37. The number of nitrogens with zero attached hydrogens (tertiary/aromatic N) is 1. The van der Waals surface area contributed by atoms with Crippen LogP contribution in [0, 0.1) is 0 Å². The van der Waals surface area contributed by atoms with E-state index >= 15 is 0 Å². The zero-order chi connectivity index (χ0) is 26.8. The summed E-state index contributed by atoms with van der Waals surface area (Å²) < 4.78 is 0. The zero-order valence-electron chi connectivity index (χ0n) is 22.7. The number of rotatable bonds is 3. The molecule has 190 valence electrons. The molecule has 8 rings (SSSR count). The summed E-state index contributed by atoms with van der Waals surface area (Å²) >= 11 is 0. The number of anilines is 3. The van der Waals surface area contributed by atoms with E-state index in [1.54, 1.807) is 0 Å². The number of benzene rings is 7. The molecule has 0 amide bonds. The predicted octanol–water partition coefficient (Wildman–Crippen LogP) is 10.9. The van der Waals surface area contributed by atoms with Crippen molar-refractivity contribution in [3.05, 3.63) is 151 Å². The van der Waals surface area contributed by atoms with E-state index in [0.29, 0.717) is 0 Å². The van der Waals surface area contributed by atoms with Gasteiger partial charge in [0.05, 0.1) is 0 Å². The highest BCUT2D eigenvalue weighted by molar-refractivity contribution is 5.99. The van der Waals surface area contributed by atoms with E-state index in [-0.39, 0.29) is 5.41 Å². The highest BCUT2D eigenvalue weighted by atomic mass is 15.1. The molecule has 0 heterocycles. The standard InChI is InChI=1S/C39H29N/c1-39(2)37-22-20-33(25-36(37)35-21-17-28-11-7-8-14-34(28)38(35)39)40(31-18-15-26-9-3-5-12-29(26)23-31)32-19-16-27-10-4-6-13-30(27)24-32/h3-25H,1-2H3. The van der Waals surface area contributed by atoms with Gasteiger partial charge in [0.25, 0.3) is 0 Å². The lowest BCUT2D eigenvalue weighted by atomic mass is 9.80. The Labute approximate surface area is 234 Å². The molecular formula is C39H29N. The number of hydrogen-bond acceptors (Lipinski definition) is 1. The molecule has 1 aliphatic carbocycles. The van der Waals surface area contributed by atoms with Crippen molar-refractivity contribution in [3.8, 4) is 11.1 Å². The molecule has 0 saturated carbocycles. The summed E-state index contributed by atoms with van der Waals surface area (Å²) in [5.41, 5.74) is 8.91. The van der Waals surface area contributed by atoms with Crippen LogP contribution in [0.3, 0.4) is 0 Å². The first-order chi connectivity index (χ1) is 19.6. The van der Waals surface area contributed by atoms with Gasteiger partial charge < -0.3 is 4.90 Å². The first kappa shape index (κ1) is 23.0. The normalized spacial score (nSPS) is 13.4. The summed E-state index contributed by atoms with van der Waals surface area (Å²) in [6.07, 6.45) is 0. The lowest BCUT2D eigenvalue weighted by Crippen LogP contribution is -2.16. The third kappa shape index (κ3) is 3.41. The summed E-state index contributed by atoms with van der Waals surface area (Å²) in [5.74, 6) is 0. The Morgan fingerprint density at radius 1 is 0.425 bits per heavy atom. The maximum absolute atomic E-state index is 2.41. The zero-order valence-corrected chi connectivity index (χ0v) is 22.7. The van der Waals surface area contributed by atoms with Gasteiger partial charge in [0.2, 0.25) is 0 Å². The minimum atomic E-state index is -0.0687. The average molecular weight is 512 g/mol. The molecule has 0 N–H and O–H groups in total. The van der Waals surface area contributed by atoms with Gasteiger partial charge in [-0.3, -0.25) is 0 Å². The Kier molecular flexibility index (Phi) is 4.93. The summed E-state index contributed by atoms with van der Waals surface area (Å²) in [5, 5.41) is 7.64.